The Morgan fingerprint density at radius 1 is 1.32 bits per heavy atom. The van der Waals surface area contributed by atoms with Crippen molar-refractivity contribution in [1.82, 2.24) is 4.98 Å². The Morgan fingerprint density at radius 3 is 2.74 bits per heavy atom. The molecule has 2 aromatic heterocycles. The minimum absolute atomic E-state index is 0.195. The number of rotatable bonds is 2. The lowest BCUT2D eigenvalue weighted by Crippen LogP contribution is -1.94. The molecule has 0 atom stereocenters. The van der Waals surface area contributed by atoms with Crippen LogP contribution in [-0.4, -0.2) is 16.1 Å². The van der Waals surface area contributed by atoms with Gasteiger partial charge in [0, 0.05) is 4.47 Å². The van der Waals surface area contributed by atoms with Crippen LogP contribution >= 0.6 is 43.2 Å². The summed E-state index contributed by atoms with van der Waals surface area (Å²) in [6, 6.07) is 6.52. The molecular formula is C12H5Br2NO3S. The van der Waals surface area contributed by atoms with Crippen LogP contribution in [0.5, 0.6) is 0 Å². The second-order valence-electron chi connectivity index (χ2n) is 3.74. The van der Waals surface area contributed by atoms with Gasteiger partial charge in [-0.15, -0.1) is 11.3 Å². The Kier molecular flexibility index (Phi) is 3.20. The molecule has 0 radical (unpaired) electrons. The number of carboxylic acid groups (broad SMARTS) is 1. The lowest BCUT2D eigenvalue weighted by molar-refractivity contribution is 0.0697. The van der Waals surface area contributed by atoms with Gasteiger partial charge in [0.25, 0.3) is 0 Å². The third-order valence-electron chi connectivity index (χ3n) is 2.49. The number of hydrogen-bond donors (Lipinski definition) is 1. The molecule has 4 nitrogen and oxygen atoms in total. The molecule has 96 valence electrons. The smallest absolute Gasteiger partial charge is 0.335 e. The zero-order valence-corrected chi connectivity index (χ0v) is 13.2. The summed E-state index contributed by atoms with van der Waals surface area (Å²) in [6.45, 7) is 0. The molecule has 0 saturated carbocycles. The maximum atomic E-state index is 10.9. The largest absolute Gasteiger partial charge is 0.478 e. The maximum Gasteiger partial charge on any atom is 0.335 e. The average Bonchev–Trinajstić information content (AvgIpc) is 2.92. The minimum atomic E-state index is -0.979. The number of oxazole rings is 1. The van der Waals surface area contributed by atoms with E-state index in [1.807, 2.05) is 6.07 Å². The molecule has 3 rings (SSSR count). The van der Waals surface area contributed by atoms with Crippen LogP contribution < -0.4 is 0 Å². The van der Waals surface area contributed by atoms with Crippen molar-refractivity contribution in [2.24, 2.45) is 0 Å². The summed E-state index contributed by atoms with van der Waals surface area (Å²) < 4.78 is 7.51. The number of benzene rings is 1. The number of carbonyl (C=O) groups is 1. The molecule has 19 heavy (non-hydrogen) atoms. The van der Waals surface area contributed by atoms with Crippen molar-refractivity contribution in [3.8, 4) is 10.8 Å². The van der Waals surface area contributed by atoms with E-state index in [-0.39, 0.29) is 5.56 Å². The molecule has 0 amide bonds. The third kappa shape index (κ3) is 2.33. The molecular weight excluding hydrogens is 398 g/mol. The van der Waals surface area contributed by atoms with E-state index in [2.05, 4.69) is 36.8 Å². The van der Waals surface area contributed by atoms with Crippen molar-refractivity contribution >= 4 is 60.3 Å². The van der Waals surface area contributed by atoms with E-state index < -0.39 is 5.97 Å². The van der Waals surface area contributed by atoms with Crippen molar-refractivity contribution in [1.29, 1.82) is 0 Å². The molecule has 0 unspecified atom stereocenters. The number of nitrogens with zero attached hydrogens (tertiary/aromatic N) is 1. The molecule has 3 aromatic rings. The van der Waals surface area contributed by atoms with Gasteiger partial charge in [-0.3, -0.25) is 0 Å². The Balaban J connectivity index is 2.13. The fourth-order valence-corrected chi connectivity index (χ4v) is 3.58. The van der Waals surface area contributed by atoms with Crippen LogP contribution in [0.25, 0.3) is 21.9 Å². The number of aromatic nitrogens is 1. The van der Waals surface area contributed by atoms with Crippen LogP contribution in [0.15, 0.2) is 36.9 Å². The van der Waals surface area contributed by atoms with E-state index in [1.165, 1.54) is 23.5 Å². The van der Waals surface area contributed by atoms with Crippen LogP contribution in [0.3, 0.4) is 0 Å². The fraction of sp³-hybridized carbons (Fsp3) is 0. The standard InChI is InChI=1S/C12H5Br2NO3S/c13-6-4-9(19-10(6)14)11-15-7-3-5(12(16)17)1-2-8(7)18-11/h1-4H,(H,16,17). The first-order valence-electron chi connectivity index (χ1n) is 5.13. The van der Waals surface area contributed by atoms with E-state index in [4.69, 9.17) is 9.52 Å². The van der Waals surface area contributed by atoms with Crippen LogP contribution in [0.4, 0.5) is 0 Å². The number of hydrogen-bond acceptors (Lipinski definition) is 4. The van der Waals surface area contributed by atoms with Gasteiger partial charge in [0.05, 0.1) is 14.2 Å². The second kappa shape index (κ2) is 4.73. The van der Waals surface area contributed by atoms with Gasteiger partial charge >= 0.3 is 5.97 Å². The van der Waals surface area contributed by atoms with Gasteiger partial charge in [-0.1, -0.05) is 0 Å². The summed E-state index contributed by atoms with van der Waals surface area (Å²) in [5.74, 6) is -0.498. The summed E-state index contributed by atoms with van der Waals surface area (Å²) >= 11 is 8.31. The van der Waals surface area contributed by atoms with Crippen LogP contribution in [0, 0.1) is 0 Å². The van der Waals surface area contributed by atoms with Gasteiger partial charge in [-0.2, -0.15) is 0 Å². The highest BCUT2D eigenvalue weighted by molar-refractivity contribution is 9.13. The molecule has 0 aliphatic heterocycles. The first kappa shape index (κ1) is 12.8. The van der Waals surface area contributed by atoms with Gasteiger partial charge in [-0.05, 0) is 56.1 Å². The van der Waals surface area contributed by atoms with E-state index in [0.29, 0.717) is 17.0 Å². The molecule has 0 aliphatic rings. The van der Waals surface area contributed by atoms with Gasteiger partial charge in [-0.25, -0.2) is 9.78 Å². The Labute approximate surface area is 128 Å². The second-order valence-corrected chi connectivity index (χ2v) is 6.96. The van der Waals surface area contributed by atoms with Crippen molar-refractivity contribution in [3.05, 3.63) is 38.1 Å². The number of thiophene rings is 1. The Morgan fingerprint density at radius 2 is 2.11 bits per heavy atom. The minimum Gasteiger partial charge on any atom is -0.478 e. The SMILES string of the molecule is O=C(O)c1ccc2oc(-c3cc(Br)c(Br)s3)nc2c1. The van der Waals surface area contributed by atoms with Gasteiger partial charge in [0.2, 0.25) is 5.89 Å². The van der Waals surface area contributed by atoms with E-state index in [0.717, 1.165) is 13.1 Å². The summed E-state index contributed by atoms with van der Waals surface area (Å²) in [4.78, 5) is 16.1. The quantitative estimate of drug-likeness (QED) is 0.669. The van der Waals surface area contributed by atoms with Crippen LogP contribution in [-0.2, 0) is 0 Å². The molecule has 1 aromatic carbocycles. The normalized spacial score (nSPS) is 11.1. The zero-order chi connectivity index (χ0) is 13.6. The molecule has 0 fully saturated rings. The number of carboxylic acids is 1. The van der Waals surface area contributed by atoms with Crippen molar-refractivity contribution in [3.63, 3.8) is 0 Å². The monoisotopic (exact) mass is 401 g/mol. The lowest BCUT2D eigenvalue weighted by Gasteiger charge is -1.91. The summed E-state index contributed by atoms with van der Waals surface area (Å²) in [5.41, 5.74) is 1.30. The summed E-state index contributed by atoms with van der Waals surface area (Å²) in [6.07, 6.45) is 0. The van der Waals surface area contributed by atoms with Gasteiger partial charge in [0.1, 0.15) is 5.52 Å². The predicted octanol–water partition coefficient (Wildman–Crippen LogP) is 4.78. The summed E-state index contributed by atoms with van der Waals surface area (Å²) in [5, 5.41) is 8.94. The highest BCUT2D eigenvalue weighted by Crippen LogP contribution is 2.38. The van der Waals surface area contributed by atoms with Crippen molar-refractivity contribution < 1.29 is 14.3 Å². The molecule has 7 heteroatoms. The molecule has 0 aliphatic carbocycles. The molecule has 1 N–H and O–H groups in total. The van der Waals surface area contributed by atoms with Crippen LogP contribution in [0.1, 0.15) is 10.4 Å². The average molecular weight is 403 g/mol. The van der Waals surface area contributed by atoms with Crippen molar-refractivity contribution in [2.45, 2.75) is 0 Å². The van der Waals surface area contributed by atoms with E-state index in [1.54, 1.807) is 6.07 Å². The Bertz CT molecular complexity index is 774. The highest BCUT2D eigenvalue weighted by Gasteiger charge is 2.14. The van der Waals surface area contributed by atoms with Gasteiger partial charge < -0.3 is 9.52 Å². The Hall–Kier alpha value is -1.18. The molecule has 0 bridgehead atoms. The van der Waals surface area contributed by atoms with Gasteiger partial charge in [0.15, 0.2) is 5.58 Å². The first-order valence-corrected chi connectivity index (χ1v) is 7.54. The topological polar surface area (TPSA) is 63.3 Å². The number of aromatic carboxylic acids is 1. The molecule has 0 spiro atoms. The summed E-state index contributed by atoms with van der Waals surface area (Å²) in [7, 11) is 0. The number of halogens is 2. The maximum absolute atomic E-state index is 10.9. The predicted molar refractivity (Wildman–Crippen MR) is 79.7 cm³/mol. The molecule has 0 saturated heterocycles. The first-order chi connectivity index (χ1) is 9.04. The van der Waals surface area contributed by atoms with E-state index in [9.17, 15) is 4.79 Å². The van der Waals surface area contributed by atoms with Crippen molar-refractivity contribution in [2.75, 3.05) is 0 Å². The third-order valence-corrected chi connectivity index (χ3v) is 5.73. The van der Waals surface area contributed by atoms with Crippen LogP contribution in [0.2, 0.25) is 0 Å². The fourth-order valence-electron chi connectivity index (χ4n) is 1.62. The number of fused-ring (bicyclic) bond motifs is 1. The lowest BCUT2D eigenvalue weighted by atomic mass is 10.2. The highest BCUT2D eigenvalue weighted by atomic mass is 79.9. The zero-order valence-electron chi connectivity index (χ0n) is 9.18. The van der Waals surface area contributed by atoms with E-state index >= 15 is 0 Å². The molecule has 2 heterocycles.